The Hall–Kier alpha value is -2.16. The zero-order chi connectivity index (χ0) is 12.0. The molecule has 0 radical (unpaired) electrons. The van der Waals surface area contributed by atoms with Gasteiger partial charge in [-0.1, -0.05) is 6.92 Å². The summed E-state index contributed by atoms with van der Waals surface area (Å²) in [6.45, 7) is 1.86. The Balaban J connectivity index is 2.78. The molecule has 0 saturated heterocycles. The third-order valence-corrected chi connectivity index (χ3v) is 2.10. The van der Waals surface area contributed by atoms with E-state index in [4.69, 9.17) is 10.4 Å². The maximum Gasteiger partial charge on any atom is 0.305 e. The second-order valence-electron chi connectivity index (χ2n) is 3.25. The van der Waals surface area contributed by atoms with Crippen molar-refractivity contribution in [2.75, 3.05) is 5.32 Å². The Morgan fingerprint density at radius 2 is 2.50 bits per heavy atom. The highest BCUT2D eigenvalue weighted by atomic mass is 16.4. The number of aromatic nitrogens is 2. The molecule has 0 fully saturated rings. The maximum absolute atomic E-state index is 10.6. The Kier molecular flexibility index (Phi) is 4.21. The number of aliphatic carboxylic acids is 1. The first-order chi connectivity index (χ1) is 7.67. The number of carboxylic acid groups (broad SMARTS) is 1. The molecule has 0 aliphatic rings. The minimum Gasteiger partial charge on any atom is -0.481 e. The van der Waals surface area contributed by atoms with E-state index < -0.39 is 5.97 Å². The van der Waals surface area contributed by atoms with Crippen molar-refractivity contribution in [1.29, 1.82) is 5.26 Å². The summed E-state index contributed by atoms with van der Waals surface area (Å²) >= 11 is 0. The van der Waals surface area contributed by atoms with Crippen LogP contribution in [0.25, 0.3) is 0 Å². The summed E-state index contributed by atoms with van der Waals surface area (Å²) in [6, 6.07) is 3.25. The van der Waals surface area contributed by atoms with Crippen molar-refractivity contribution in [2.45, 2.75) is 25.8 Å². The molecule has 0 saturated carbocycles. The molecule has 84 valence electrons. The monoisotopic (exact) mass is 220 g/mol. The molecule has 1 rings (SSSR count). The number of carboxylic acids is 1. The van der Waals surface area contributed by atoms with E-state index in [0.29, 0.717) is 17.8 Å². The second kappa shape index (κ2) is 5.66. The van der Waals surface area contributed by atoms with Crippen LogP contribution in [0.4, 0.5) is 5.82 Å². The minimum atomic E-state index is -0.887. The molecule has 1 aromatic rings. The van der Waals surface area contributed by atoms with Gasteiger partial charge in [-0.05, 0) is 12.5 Å². The van der Waals surface area contributed by atoms with Crippen LogP contribution >= 0.6 is 0 Å². The van der Waals surface area contributed by atoms with E-state index in [2.05, 4.69) is 15.5 Å². The molecule has 0 aliphatic heterocycles. The van der Waals surface area contributed by atoms with E-state index >= 15 is 0 Å². The van der Waals surface area contributed by atoms with Crippen molar-refractivity contribution in [3.05, 3.63) is 17.8 Å². The molecule has 0 spiro atoms. The topological polar surface area (TPSA) is 98.9 Å². The van der Waals surface area contributed by atoms with Gasteiger partial charge in [0.15, 0.2) is 5.82 Å². The Labute approximate surface area is 92.9 Å². The SMILES string of the molecule is CCC(CC(=O)O)Nc1nnccc1C#N. The van der Waals surface area contributed by atoms with Gasteiger partial charge in [0.25, 0.3) is 0 Å². The molecule has 2 N–H and O–H groups in total. The molecule has 6 heteroatoms. The van der Waals surface area contributed by atoms with E-state index in [1.54, 1.807) is 0 Å². The fraction of sp³-hybridized carbons (Fsp3) is 0.400. The lowest BCUT2D eigenvalue weighted by molar-refractivity contribution is -0.137. The van der Waals surface area contributed by atoms with Gasteiger partial charge in [0, 0.05) is 6.04 Å². The molecule has 16 heavy (non-hydrogen) atoms. The van der Waals surface area contributed by atoms with Crippen molar-refractivity contribution in [1.82, 2.24) is 10.2 Å². The number of nitrogens with one attached hydrogen (secondary N) is 1. The maximum atomic E-state index is 10.6. The van der Waals surface area contributed by atoms with Gasteiger partial charge in [-0.15, -0.1) is 5.10 Å². The summed E-state index contributed by atoms with van der Waals surface area (Å²) in [6.07, 6.45) is 2.04. The fourth-order valence-electron chi connectivity index (χ4n) is 1.23. The third kappa shape index (κ3) is 3.20. The number of hydrogen-bond donors (Lipinski definition) is 2. The number of nitrogens with zero attached hydrogens (tertiary/aromatic N) is 3. The van der Waals surface area contributed by atoms with Crippen molar-refractivity contribution in [3.63, 3.8) is 0 Å². The number of carbonyl (C=O) groups is 1. The van der Waals surface area contributed by atoms with Crippen LogP contribution in [-0.2, 0) is 4.79 Å². The largest absolute Gasteiger partial charge is 0.481 e. The smallest absolute Gasteiger partial charge is 0.305 e. The van der Waals surface area contributed by atoms with Crippen LogP contribution in [0.15, 0.2) is 12.3 Å². The van der Waals surface area contributed by atoms with Gasteiger partial charge < -0.3 is 10.4 Å². The van der Waals surface area contributed by atoms with Crippen molar-refractivity contribution < 1.29 is 9.90 Å². The molecular formula is C10H12N4O2. The summed E-state index contributed by atoms with van der Waals surface area (Å²) < 4.78 is 0. The van der Waals surface area contributed by atoms with E-state index in [9.17, 15) is 4.79 Å². The first kappa shape index (κ1) is 11.9. The average molecular weight is 220 g/mol. The highest BCUT2D eigenvalue weighted by molar-refractivity contribution is 5.68. The van der Waals surface area contributed by atoms with Crippen LogP contribution in [0, 0.1) is 11.3 Å². The molecule has 6 nitrogen and oxygen atoms in total. The number of rotatable bonds is 5. The van der Waals surface area contributed by atoms with E-state index in [1.165, 1.54) is 12.3 Å². The Bertz CT molecular complexity index is 414. The summed E-state index contributed by atoms with van der Waals surface area (Å²) in [5, 5.41) is 27.8. The predicted molar refractivity (Wildman–Crippen MR) is 56.7 cm³/mol. The lowest BCUT2D eigenvalue weighted by atomic mass is 10.1. The molecule has 1 heterocycles. The number of nitriles is 1. The fourth-order valence-corrected chi connectivity index (χ4v) is 1.23. The van der Waals surface area contributed by atoms with Gasteiger partial charge in [0.05, 0.1) is 18.2 Å². The van der Waals surface area contributed by atoms with Crippen molar-refractivity contribution in [2.24, 2.45) is 0 Å². The standard InChI is InChI=1S/C10H12N4O2/c1-2-8(5-9(15)16)13-10-7(6-11)3-4-12-14-10/h3-4,8H,2,5H2,1H3,(H,13,14)(H,15,16). The molecular weight excluding hydrogens is 208 g/mol. The van der Waals surface area contributed by atoms with Gasteiger partial charge in [0.2, 0.25) is 0 Å². The van der Waals surface area contributed by atoms with E-state index in [0.717, 1.165) is 0 Å². The average Bonchev–Trinajstić information content (AvgIpc) is 2.28. The van der Waals surface area contributed by atoms with Crippen LogP contribution in [0.1, 0.15) is 25.3 Å². The number of hydrogen-bond acceptors (Lipinski definition) is 5. The molecule has 0 amide bonds. The molecule has 0 bridgehead atoms. The quantitative estimate of drug-likeness (QED) is 0.768. The van der Waals surface area contributed by atoms with Gasteiger partial charge in [0.1, 0.15) is 6.07 Å². The highest BCUT2D eigenvalue weighted by Gasteiger charge is 2.13. The third-order valence-electron chi connectivity index (χ3n) is 2.10. The molecule has 1 unspecified atom stereocenters. The van der Waals surface area contributed by atoms with Crippen LogP contribution in [-0.4, -0.2) is 27.3 Å². The lowest BCUT2D eigenvalue weighted by Crippen LogP contribution is -2.23. The van der Waals surface area contributed by atoms with Gasteiger partial charge >= 0.3 is 5.97 Å². The van der Waals surface area contributed by atoms with Crippen molar-refractivity contribution in [3.8, 4) is 6.07 Å². The zero-order valence-corrected chi connectivity index (χ0v) is 8.84. The van der Waals surface area contributed by atoms with Crippen LogP contribution < -0.4 is 5.32 Å². The normalized spacial score (nSPS) is 11.5. The van der Waals surface area contributed by atoms with Gasteiger partial charge in [-0.3, -0.25) is 4.79 Å². The summed E-state index contributed by atoms with van der Waals surface area (Å²) in [5.41, 5.74) is 0.360. The van der Waals surface area contributed by atoms with Crippen LogP contribution in [0.3, 0.4) is 0 Å². The Morgan fingerprint density at radius 1 is 1.75 bits per heavy atom. The second-order valence-corrected chi connectivity index (χ2v) is 3.25. The Morgan fingerprint density at radius 3 is 3.06 bits per heavy atom. The van der Waals surface area contributed by atoms with E-state index in [1.807, 2.05) is 13.0 Å². The van der Waals surface area contributed by atoms with Crippen molar-refractivity contribution >= 4 is 11.8 Å². The number of anilines is 1. The first-order valence-corrected chi connectivity index (χ1v) is 4.87. The van der Waals surface area contributed by atoms with Crippen LogP contribution in [0.2, 0.25) is 0 Å². The van der Waals surface area contributed by atoms with Gasteiger partial charge in [-0.25, -0.2) is 0 Å². The predicted octanol–water partition coefficient (Wildman–Crippen LogP) is 1.01. The summed E-state index contributed by atoms with van der Waals surface area (Å²) in [4.78, 5) is 10.6. The summed E-state index contributed by atoms with van der Waals surface area (Å²) in [7, 11) is 0. The minimum absolute atomic E-state index is 0.0159. The first-order valence-electron chi connectivity index (χ1n) is 4.87. The lowest BCUT2D eigenvalue weighted by Gasteiger charge is -2.15. The molecule has 0 aliphatic carbocycles. The highest BCUT2D eigenvalue weighted by Crippen LogP contribution is 2.12. The molecule has 1 atom stereocenters. The van der Waals surface area contributed by atoms with Crippen LogP contribution in [0.5, 0.6) is 0 Å². The van der Waals surface area contributed by atoms with Gasteiger partial charge in [-0.2, -0.15) is 10.4 Å². The molecule has 1 aromatic heterocycles. The van der Waals surface area contributed by atoms with E-state index in [-0.39, 0.29) is 12.5 Å². The molecule has 0 aromatic carbocycles. The summed E-state index contributed by atoms with van der Waals surface area (Å²) in [5.74, 6) is -0.556. The zero-order valence-electron chi connectivity index (χ0n) is 8.84.